The SMILES string of the molecule is O=C(CSc1cccc(NC(=O)/C(=C/c2ccsc2)NC(=O)c2ccccc2)c1)Nc1ccc(Cl)c(C(=O)O)c1. The van der Waals surface area contributed by atoms with Crippen molar-refractivity contribution in [3.63, 3.8) is 0 Å². The Kier molecular flexibility index (Phi) is 9.74. The average molecular weight is 592 g/mol. The molecule has 0 saturated heterocycles. The predicted molar refractivity (Wildman–Crippen MR) is 159 cm³/mol. The number of thioether (sulfide) groups is 1. The lowest BCUT2D eigenvalue weighted by Crippen LogP contribution is -2.30. The van der Waals surface area contributed by atoms with Crippen LogP contribution in [0.15, 0.2) is 100 Å². The number of hydrogen-bond donors (Lipinski definition) is 4. The molecule has 0 bridgehead atoms. The maximum atomic E-state index is 13.2. The van der Waals surface area contributed by atoms with Crippen LogP contribution in [0, 0.1) is 0 Å². The molecule has 0 aliphatic rings. The van der Waals surface area contributed by atoms with Crippen LogP contribution in [-0.2, 0) is 9.59 Å². The molecule has 1 heterocycles. The second-order valence-corrected chi connectivity index (χ2v) is 10.5. The first-order chi connectivity index (χ1) is 19.3. The van der Waals surface area contributed by atoms with Crippen molar-refractivity contribution in [3.8, 4) is 0 Å². The second kappa shape index (κ2) is 13.6. The summed E-state index contributed by atoms with van der Waals surface area (Å²) in [6, 6.07) is 21.6. The van der Waals surface area contributed by atoms with E-state index in [4.69, 9.17) is 11.6 Å². The number of benzene rings is 3. The number of amides is 3. The van der Waals surface area contributed by atoms with E-state index in [0.717, 1.165) is 5.56 Å². The summed E-state index contributed by atoms with van der Waals surface area (Å²) in [7, 11) is 0. The van der Waals surface area contributed by atoms with Gasteiger partial charge in [0, 0.05) is 21.8 Å². The van der Waals surface area contributed by atoms with Crippen LogP contribution in [-0.4, -0.2) is 34.6 Å². The van der Waals surface area contributed by atoms with Gasteiger partial charge >= 0.3 is 5.97 Å². The molecule has 11 heteroatoms. The highest BCUT2D eigenvalue weighted by Crippen LogP contribution is 2.24. The van der Waals surface area contributed by atoms with Crippen molar-refractivity contribution in [2.24, 2.45) is 0 Å². The summed E-state index contributed by atoms with van der Waals surface area (Å²) in [6.45, 7) is 0. The van der Waals surface area contributed by atoms with Gasteiger partial charge in [-0.2, -0.15) is 11.3 Å². The van der Waals surface area contributed by atoms with Gasteiger partial charge in [-0.3, -0.25) is 14.4 Å². The van der Waals surface area contributed by atoms with Gasteiger partial charge in [0.25, 0.3) is 11.8 Å². The molecule has 3 aromatic carbocycles. The summed E-state index contributed by atoms with van der Waals surface area (Å²) >= 11 is 8.58. The van der Waals surface area contributed by atoms with E-state index in [1.807, 2.05) is 16.8 Å². The Balaban J connectivity index is 1.40. The zero-order chi connectivity index (χ0) is 28.5. The minimum absolute atomic E-state index is 0.0405. The van der Waals surface area contributed by atoms with Crippen molar-refractivity contribution in [3.05, 3.63) is 117 Å². The minimum atomic E-state index is -1.19. The van der Waals surface area contributed by atoms with Crippen LogP contribution >= 0.6 is 34.7 Å². The number of aromatic carboxylic acids is 1. The topological polar surface area (TPSA) is 125 Å². The van der Waals surface area contributed by atoms with Crippen molar-refractivity contribution in [1.29, 1.82) is 0 Å². The molecule has 40 heavy (non-hydrogen) atoms. The molecule has 0 fully saturated rings. The lowest BCUT2D eigenvalue weighted by atomic mass is 10.2. The molecule has 1 aromatic heterocycles. The number of carbonyl (C=O) groups is 4. The van der Waals surface area contributed by atoms with E-state index in [9.17, 15) is 24.3 Å². The summed E-state index contributed by atoms with van der Waals surface area (Å²) in [5.74, 6) is -2.42. The highest BCUT2D eigenvalue weighted by Gasteiger charge is 2.16. The van der Waals surface area contributed by atoms with Gasteiger partial charge in [-0.25, -0.2) is 4.79 Å². The maximum absolute atomic E-state index is 13.2. The van der Waals surface area contributed by atoms with Crippen LogP contribution in [0.1, 0.15) is 26.3 Å². The van der Waals surface area contributed by atoms with Crippen LogP contribution in [0.3, 0.4) is 0 Å². The first-order valence-electron chi connectivity index (χ1n) is 11.8. The number of halogens is 1. The lowest BCUT2D eigenvalue weighted by Gasteiger charge is -2.12. The summed E-state index contributed by atoms with van der Waals surface area (Å²) in [5.41, 5.74) is 1.95. The molecule has 0 aliphatic carbocycles. The van der Waals surface area contributed by atoms with Gasteiger partial charge in [0.1, 0.15) is 5.70 Å². The lowest BCUT2D eigenvalue weighted by molar-refractivity contribution is -0.114. The van der Waals surface area contributed by atoms with E-state index in [2.05, 4.69) is 16.0 Å². The summed E-state index contributed by atoms with van der Waals surface area (Å²) in [5, 5.41) is 21.2. The normalized spacial score (nSPS) is 11.0. The summed E-state index contributed by atoms with van der Waals surface area (Å²) in [4.78, 5) is 50.3. The molecule has 0 spiro atoms. The Labute approximate surface area is 243 Å². The highest BCUT2D eigenvalue weighted by atomic mass is 35.5. The molecular weight excluding hydrogens is 570 g/mol. The van der Waals surface area contributed by atoms with Gasteiger partial charge in [-0.05, 0) is 77.0 Å². The zero-order valence-corrected chi connectivity index (χ0v) is 23.1. The fourth-order valence-electron chi connectivity index (χ4n) is 3.44. The Morgan fingerprint density at radius 2 is 1.68 bits per heavy atom. The van der Waals surface area contributed by atoms with Crippen molar-refractivity contribution in [2.75, 3.05) is 16.4 Å². The molecule has 8 nitrogen and oxygen atoms in total. The first-order valence-corrected chi connectivity index (χ1v) is 14.1. The quantitative estimate of drug-likeness (QED) is 0.128. The molecule has 4 rings (SSSR count). The van der Waals surface area contributed by atoms with Gasteiger partial charge in [-0.1, -0.05) is 35.9 Å². The number of hydrogen-bond acceptors (Lipinski definition) is 6. The molecule has 3 amide bonds. The Bertz CT molecular complexity index is 1570. The predicted octanol–water partition coefficient (Wildman–Crippen LogP) is 6.24. The molecule has 4 aromatic rings. The average Bonchev–Trinajstić information content (AvgIpc) is 3.46. The van der Waals surface area contributed by atoms with Gasteiger partial charge in [-0.15, -0.1) is 11.8 Å². The first kappa shape index (κ1) is 28.6. The van der Waals surface area contributed by atoms with Crippen molar-refractivity contribution >= 4 is 75.8 Å². The molecule has 4 N–H and O–H groups in total. The Hall–Kier alpha value is -4.38. The van der Waals surface area contributed by atoms with Crippen molar-refractivity contribution < 1.29 is 24.3 Å². The maximum Gasteiger partial charge on any atom is 0.337 e. The van der Waals surface area contributed by atoms with E-state index < -0.39 is 17.8 Å². The fraction of sp³-hybridized carbons (Fsp3) is 0.0345. The standard InChI is InChI=1S/C29H22ClN3O5S2/c30-24-10-9-21(15-23(24)29(37)38)31-26(34)17-40-22-8-4-7-20(14-22)32-28(36)25(13-18-11-12-39-16-18)33-27(35)19-5-2-1-3-6-19/h1-16H,17H2,(H,31,34)(H,32,36)(H,33,35)(H,37,38)/b25-13-. The van der Waals surface area contributed by atoms with Crippen LogP contribution in [0.25, 0.3) is 6.08 Å². The second-order valence-electron chi connectivity index (χ2n) is 8.25. The molecule has 0 aliphatic heterocycles. The number of carboxylic acids is 1. The number of anilines is 2. The van der Waals surface area contributed by atoms with Crippen LogP contribution in [0.4, 0.5) is 11.4 Å². The number of rotatable bonds is 10. The number of carbonyl (C=O) groups excluding carboxylic acids is 3. The van der Waals surface area contributed by atoms with Crippen LogP contribution in [0.5, 0.6) is 0 Å². The third-order valence-electron chi connectivity index (χ3n) is 5.33. The monoisotopic (exact) mass is 591 g/mol. The Morgan fingerprint density at radius 3 is 2.40 bits per heavy atom. The van der Waals surface area contributed by atoms with Gasteiger partial charge in [0.15, 0.2) is 0 Å². The smallest absolute Gasteiger partial charge is 0.337 e. The fourth-order valence-corrected chi connectivity index (χ4v) is 5.01. The number of carboxylic acid groups (broad SMARTS) is 1. The van der Waals surface area contributed by atoms with E-state index in [0.29, 0.717) is 21.8 Å². The van der Waals surface area contributed by atoms with Gasteiger partial charge in [0.2, 0.25) is 5.91 Å². The van der Waals surface area contributed by atoms with Gasteiger partial charge in [0.05, 0.1) is 16.3 Å². The van der Waals surface area contributed by atoms with Crippen LogP contribution < -0.4 is 16.0 Å². The van der Waals surface area contributed by atoms with E-state index in [1.54, 1.807) is 60.7 Å². The largest absolute Gasteiger partial charge is 0.478 e. The summed E-state index contributed by atoms with van der Waals surface area (Å²) < 4.78 is 0. The molecular formula is C29H22ClN3O5S2. The molecule has 0 radical (unpaired) electrons. The third-order valence-corrected chi connectivity index (χ3v) is 7.35. The zero-order valence-electron chi connectivity index (χ0n) is 20.7. The van der Waals surface area contributed by atoms with Crippen LogP contribution in [0.2, 0.25) is 5.02 Å². The van der Waals surface area contributed by atoms with Crippen molar-refractivity contribution in [2.45, 2.75) is 4.90 Å². The van der Waals surface area contributed by atoms with Crippen molar-refractivity contribution in [1.82, 2.24) is 5.32 Å². The van der Waals surface area contributed by atoms with E-state index >= 15 is 0 Å². The van der Waals surface area contributed by atoms with E-state index in [-0.39, 0.29) is 27.9 Å². The third kappa shape index (κ3) is 8.06. The molecule has 0 atom stereocenters. The minimum Gasteiger partial charge on any atom is -0.478 e. The van der Waals surface area contributed by atoms with E-state index in [1.165, 1.54) is 41.3 Å². The molecule has 202 valence electrons. The number of thiophene rings is 1. The Morgan fingerprint density at radius 1 is 0.900 bits per heavy atom. The molecule has 0 saturated carbocycles. The highest BCUT2D eigenvalue weighted by molar-refractivity contribution is 8.00. The molecule has 0 unspecified atom stereocenters. The summed E-state index contributed by atoms with van der Waals surface area (Å²) in [6.07, 6.45) is 1.60. The number of nitrogens with one attached hydrogen (secondary N) is 3. The van der Waals surface area contributed by atoms with Gasteiger partial charge < -0.3 is 21.1 Å².